The molecule has 0 aliphatic heterocycles. The maximum atomic E-state index is 13.5. The third kappa shape index (κ3) is 4.98. The third-order valence-electron chi connectivity index (χ3n) is 3.44. The summed E-state index contributed by atoms with van der Waals surface area (Å²) < 4.78 is 18.9. The summed E-state index contributed by atoms with van der Waals surface area (Å²) in [7, 11) is 0. The van der Waals surface area contributed by atoms with E-state index in [1.807, 2.05) is 38.1 Å². The molecule has 0 aliphatic carbocycles. The first-order chi connectivity index (χ1) is 11.1. The molecule has 0 spiro atoms. The smallest absolute Gasteiger partial charge is 0.315 e. The summed E-state index contributed by atoms with van der Waals surface area (Å²) in [4.78, 5) is 11.9. The van der Waals surface area contributed by atoms with Crippen molar-refractivity contribution in [3.8, 4) is 5.75 Å². The van der Waals surface area contributed by atoms with Crippen molar-refractivity contribution < 1.29 is 13.9 Å². The zero-order chi connectivity index (χ0) is 16.7. The van der Waals surface area contributed by atoms with Gasteiger partial charge in [-0.05, 0) is 37.6 Å². The summed E-state index contributed by atoms with van der Waals surface area (Å²) in [6, 6.07) is 13.4. The molecular weight excluding hydrogens is 295 g/mol. The quantitative estimate of drug-likeness (QED) is 0.852. The van der Waals surface area contributed by atoms with Crippen LogP contribution in [0.4, 0.5) is 9.18 Å². The number of carbonyl (C=O) groups is 1. The van der Waals surface area contributed by atoms with E-state index in [2.05, 4.69) is 10.6 Å². The number of carbonyl (C=O) groups excluding carboxylic acids is 1. The van der Waals surface area contributed by atoms with Gasteiger partial charge in [-0.2, -0.15) is 0 Å². The largest absolute Gasteiger partial charge is 0.494 e. The lowest BCUT2D eigenvalue weighted by Gasteiger charge is -2.16. The van der Waals surface area contributed by atoms with Gasteiger partial charge in [-0.15, -0.1) is 0 Å². The van der Waals surface area contributed by atoms with Crippen LogP contribution in [0, 0.1) is 5.82 Å². The zero-order valence-corrected chi connectivity index (χ0v) is 13.3. The summed E-state index contributed by atoms with van der Waals surface area (Å²) in [5, 5.41) is 5.48. The van der Waals surface area contributed by atoms with Crippen LogP contribution >= 0.6 is 0 Å². The fourth-order valence-electron chi connectivity index (χ4n) is 2.17. The topological polar surface area (TPSA) is 50.4 Å². The first kappa shape index (κ1) is 16.8. The molecule has 0 heterocycles. The summed E-state index contributed by atoms with van der Waals surface area (Å²) >= 11 is 0. The Morgan fingerprint density at radius 3 is 2.52 bits per heavy atom. The lowest BCUT2D eigenvalue weighted by molar-refractivity contribution is 0.237. The molecule has 0 radical (unpaired) electrons. The van der Waals surface area contributed by atoms with E-state index >= 15 is 0 Å². The minimum Gasteiger partial charge on any atom is -0.494 e. The Morgan fingerprint density at radius 2 is 1.87 bits per heavy atom. The second-order valence-electron chi connectivity index (χ2n) is 5.14. The highest BCUT2D eigenvalue weighted by Gasteiger charge is 2.10. The predicted octanol–water partition coefficient (Wildman–Crippen LogP) is 3.78. The van der Waals surface area contributed by atoms with E-state index < -0.39 is 0 Å². The van der Waals surface area contributed by atoms with Gasteiger partial charge in [-0.1, -0.05) is 30.3 Å². The number of halogens is 1. The van der Waals surface area contributed by atoms with Gasteiger partial charge >= 0.3 is 6.03 Å². The summed E-state index contributed by atoms with van der Waals surface area (Å²) in [5.74, 6) is 0.472. The number of ether oxygens (including phenoxy) is 1. The van der Waals surface area contributed by atoms with E-state index in [-0.39, 0.29) is 24.4 Å². The molecule has 122 valence electrons. The van der Waals surface area contributed by atoms with E-state index in [1.54, 1.807) is 18.2 Å². The first-order valence-corrected chi connectivity index (χ1v) is 7.60. The molecule has 0 saturated carbocycles. The molecule has 2 rings (SSSR count). The number of hydrogen-bond acceptors (Lipinski definition) is 2. The van der Waals surface area contributed by atoms with Crippen molar-refractivity contribution >= 4 is 6.03 Å². The molecule has 1 atom stereocenters. The maximum Gasteiger partial charge on any atom is 0.315 e. The van der Waals surface area contributed by atoms with Crippen molar-refractivity contribution in [2.24, 2.45) is 0 Å². The second kappa shape index (κ2) is 8.17. The van der Waals surface area contributed by atoms with Gasteiger partial charge in [-0.3, -0.25) is 0 Å². The first-order valence-electron chi connectivity index (χ1n) is 7.60. The molecule has 23 heavy (non-hydrogen) atoms. The number of amides is 2. The van der Waals surface area contributed by atoms with E-state index in [1.165, 1.54) is 6.07 Å². The molecule has 2 aromatic rings. The summed E-state index contributed by atoms with van der Waals surface area (Å²) in [5.41, 5.74) is 1.42. The number of benzene rings is 2. The Balaban J connectivity index is 1.85. The van der Waals surface area contributed by atoms with Crippen LogP contribution in [0.1, 0.15) is 31.0 Å². The monoisotopic (exact) mass is 316 g/mol. The van der Waals surface area contributed by atoms with Crippen molar-refractivity contribution in [3.05, 3.63) is 65.5 Å². The van der Waals surface area contributed by atoms with E-state index in [4.69, 9.17) is 4.74 Å². The maximum absolute atomic E-state index is 13.5. The number of nitrogens with one attached hydrogen (secondary N) is 2. The zero-order valence-electron chi connectivity index (χ0n) is 13.3. The van der Waals surface area contributed by atoms with Gasteiger partial charge in [0.05, 0.1) is 12.6 Å². The van der Waals surface area contributed by atoms with Crippen LogP contribution in [0.3, 0.4) is 0 Å². The molecule has 2 N–H and O–H groups in total. The van der Waals surface area contributed by atoms with Crippen LogP contribution in [0.15, 0.2) is 48.5 Å². The molecule has 0 fully saturated rings. The number of hydrogen-bond donors (Lipinski definition) is 2. The Morgan fingerprint density at radius 1 is 1.17 bits per heavy atom. The van der Waals surface area contributed by atoms with Crippen LogP contribution in [0.25, 0.3) is 0 Å². The lowest BCUT2D eigenvalue weighted by Crippen LogP contribution is -2.36. The minimum absolute atomic E-state index is 0.147. The summed E-state index contributed by atoms with van der Waals surface area (Å²) in [6.07, 6.45) is 0. The van der Waals surface area contributed by atoms with Gasteiger partial charge in [0.2, 0.25) is 0 Å². The Kier molecular flexibility index (Phi) is 5.97. The second-order valence-corrected chi connectivity index (χ2v) is 5.14. The molecule has 0 aromatic heterocycles. The van der Waals surface area contributed by atoms with Crippen molar-refractivity contribution in [1.29, 1.82) is 0 Å². The Hall–Kier alpha value is -2.56. The van der Waals surface area contributed by atoms with Crippen LogP contribution < -0.4 is 15.4 Å². The normalized spacial score (nSPS) is 11.6. The molecule has 0 saturated heterocycles. The van der Waals surface area contributed by atoms with E-state index in [0.717, 1.165) is 11.3 Å². The molecule has 0 aliphatic rings. The van der Waals surface area contributed by atoms with E-state index in [0.29, 0.717) is 12.2 Å². The highest BCUT2D eigenvalue weighted by molar-refractivity contribution is 5.74. The lowest BCUT2D eigenvalue weighted by atomic mass is 10.1. The molecule has 0 bridgehead atoms. The highest BCUT2D eigenvalue weighted by Crippen LogP contribution is 2.17. The SMILES string of the molecule is CCOc1ccc(C(C)NC(=O)NCc2ccccc2F)cc1. The summed E-state index contributed by atoms with van der Waals surface area (Å²) in [6.45, 7) is 4.58. The third-order valence-corrected chi connectivity index (χ3v) is 3.44. The average molecular weight is 316 g/mol. The van der Waals surface area contributed by atoms with Crippen molar-refractivity contribution in [2.45, 2.75) is 26.4 Å². The predicted molar refractivity (Wildman–Crippen MR) is 87.8 cm³/mol. The Labute approximate surface area is 135 Å². The van der Waals surface area contributed by atoms with Gasteiger partial charge in [0.25, 0.3) is 0 Å². The van der Waals surface area contributed by atoms with Crippen molar-refractivity contribution in [3.63, 3.8) is 0 Å². The molecule has 4 nitrogen and oxygen atoms in total. The molecule has 2 amide bonds. The molecule has 1 unspecified atom stereocenters. The van der Waals surface area contributed by atoms with Gasteiger partial charge in [0.15, 0.2) is 0 Å². The molecular formula is C18H21FN2O2. The van der Waals surface area contributed by atoms with E-state index in [9.17, 15) is 9.18 Å². The standard InChI is InChI=1S/C18H21FN2O2/c1-3-23-16-10-8-14(9-11-16)13(2)21-18(22)20-12-15-6-4-5-7-17(15)19/h4-11,13H,3,12H2,1-2H3,(H2,20,21,22). The molecule has 2 aromatic carbocycles. The Bertz CT molecular complexity index is 644. The van der Waals surface area contributed by atoms with Crippen molar-refractivity contribution in [1.82, 2.24) is 10.6 Å². The molecule has 5 heteroatoms. The van der Waals surface area contributed by atoms with Gasteiger partial charge in [0.1, 0.15) is 11.6 Å². The van der Waals surface area contributed by atoms with Crippen LogP contribution in [-0.4, -0.2) is 12.6 Å². The van der Waals surface area contributed by atoms with Crippen LogP contribution in [-0.2, 0) is 6.54 Å². The average Bonchev–Trinajstić information content (AvgIpc) is 2.55. The van der Waals surface area contributed by atoms with Crippen molar-refractivity contribution in [2.75, 3.05) is 6.61 Å². The fourth-order valence-corrected chi connectivity index (χ4v) is 2.17. The van der Waals surface area contributed by atoms with Crippen LogP contribution in [0.2, 0.25) is 0 Å². The number of urea groups is 1. The minimum atomic E-state index is -0.338. The van der Waals surface area contributed by atoms with Gasteiger partial charge < -0.3 is 15.4 Å². The fraction of sp³-hybridized carbons (Fsp3) is 0.278. The number of rotatable bonds is 6. The van der Waals surface area contributed by atoms with Gasteiger partial charge in [0, 0.05) is 12.1 Å². The van der Waals surface area contributed by atoms with Gasteiger partial charge in [-0.25, -0.2) is 9.18 Å². The van der Waals surface area contributed by atoms with Crippen LogP contribution in [0.5, 0.6) is 5.75 Å². The highest BCUT2D eigenvalue weighted by atomic mass is 19.1.